The fourth-order valence-corrected chi connectivity index (χ4v) is 2.95. The molecule has 0 saturated heterocycles. The molecule has 0 bridgehead atoms. The number of aromatic nitrogens is 3. The zero-order valence-electron chi connectivity index (χ0n) is 17.4. The van der Waals surface area contributed by atoms with Crippen LogP contribution in [0.5, 0.6) is 5.75 Å². The summed E-state index contributed by atoms with van der Waals surface area (Å²) in [6.45, 7) is 0. The van der Waals surface area contributed by atoms with Crippen LogP contribution in [0.4, 0.5) is 34.9 Å². The second kappa shape index (κ2) is 10.2. The molecule has 170 valence electrons. The fraction of sp³-hybridized carbons (Fsp3) is 0. The number of anilines is 5. The van der Waals surface area contributed by atoms with Crippen LogP contribution in [0.2, 0.25) is 5.02 Å². The zero-order valence-corrected chi connectivity index (χ0v) is 18.1. The summed E-state index contributed by atoms with van der Waals surface area (Å²) in [5.41, 5.74) is 4.37. The standard InChI is InChI=1S/C22H17ClN8O3/c23-15-6-11-19(32)14(12-15)13-24-30-22-28-20(25-16-4-2-1-3-5-16)27-21(29-22)26-17-7-9-18(10-8-17)31(33)34/h1-13,32H,(H3,25,26,27,28,29,30). The molecule has 1 aromatic heterocycles. The van der Waals surface area contributed by atoms with E-state index in [9.17, 15) is 15.2 Å². The average molecular weight is 477 g/mol. The van der Waals surface area contributed by atoms with Gasteiger partial charge in [0.05, 0.1) is 11.1 Å². The molecule has 3 aromatic carbocycles. The molecule has 0 aliphatic rings. The van der Waals surface area contributed by atoms with E-state index >= 15 is 0 Å². The molecule has 4 rings (SSSR count). The van der Waals surface area contributed by atoms with Crippen LogP contribution in [-0.2, 0) is 0 Å². The van der Waals surface area contributed by atoms with Crippen LogP contribution < -0.4 is 16.1 Å². The summed E-state index contributed by atoms with van der Waals surface area (Å²) in [6.07, 6.45) is 1.37. The maximum atomic E-state index is 10.9. The predicted octanol–water partition coefficient (Wildman–Crippen LogP) is 5.07. The number of hydrogen-bond acceptors (Lipinski definition) is 10. The fourth-order valence-electron chi connectivity index (χ4n) is 2.77. The molecule has 0 spiro atoms. The summed E-state index contributed by atoms with van der Waals surface area (Å²) in [6, 6.07) is 19.7. The van der Waals surface area contributed by atoms with Gasteiger partial charge < -0.3 is 15.7 Å². The number of nitro groups is 1. The number of hydrazone groups is 1. The van der Waals surface area contributed by atoms with Gasteiger partial charge in [0, 0.05) is 34.1 Å². The Hall–Kier alpha value is -4.77. The second-order valence-electron chi connectivity index (χ2n) is 6.80. The number of nitro benzene ring substituents is 1. The molecule has 1 heterocycles. The number of para-hydroxylation sites is 1. The van der Waals surface area contributed by atoms with Gasteiger partial charge in [-0.15, -0.1) is 0 Å². The Balaban J connectivity index is 1.59. The molecule has 4 N–H and O–H groups in total. The van der Waals surface area contributed by atoms with Crippen molar-refractivity contribution in [1.29, 1.82) is 0 Å². The Bertz CT molecular complexity index is 1330. The first kappa shape index (κ1) is 22.4. The SMILES string of the molecule is O=[N+]([O-])c1ccc(Nc2nc(NN=Cc3cc(Cl)ccc3O)nc(Nc3ccccc3)n2)cc1. The van der Waals surface area contributed by atoms with E-state index in [1.54, 1.807) is 24.3 Å². The first-order chi connectivity index (χ1) is 16.5. The Morgan fingerprint density at radius 2 is 1.50 bits per heavy atom. The van der Waals surface area contributed by atoms with Gasteiger partial charge in [0.2, 0.25) is 17.8 Å². The molecule has 0 saturated carbocycles. The van der Waals surface area contributed by atoms with Crippen molar-refractivity contribution in [3.05, 3.63) is 93.5 Å². The van der Waals surface area contributed by atoms with Crippen molar-refractivity contribution in [2.24, 2.45) is 5.10 Å². The monoisotopic (exact) mass is 476 g/mol. The number of phenols is 1. The summed E-state index contributed by atoms with van der Waals surface area (Å²) in [4.78, 5) is 23.3. The number of hydrogen-bond donors (Lipinski definition) is 4. The minimum Gasteiger partial charge on any atom is -0.507 e. The molecule has 0 atom stereocenters. The summed E-state index contributed by atoms with van der Waals surface area (Å²) in [7, 11) is 0. The van der Waals surface area contributed by atoms with E-state index in [1.165, 1.54) is 24.4 Å². The Morgan fingerprint density at radius 3 is 2.15 bits per heavy atom. The Kier molecular flexibility index (Phi) is 6.75. The molecule has 11 nitrogen and oxygen atoms in total. The molecule has 34 heavy (non-hydrogen) atoms. The molecular formula is C22H17ClN8O3. The van der Waals surface area contributed by atoms with Crippen molar-refractivity contribution in [3.63, 3.8) is 0 Å². The van der Waals surface area contributed by atoms with E-state index in [1.807, 2.05) is 30.3 Å². The lowest BCUT2D eigenvalue weighted by atomic mass is 10.2. The van der Waals surface area contributed by atoms with Crippen LogP contribution in [-0.4, -0.2) is 31.2 Å². The number of benzene rings is 3. The van der Waals surface area contributed by atoms with Gasteiger partial charge in [0.15, 0.2) is 0 Å². The quantitative estimate of drug-likeness (QED) is 0.155. The van der Waals surface area contributed by atoms with Crippen LogP contribution >= 0.6 is 11.6 Å². The highest BCUT2D eigenvalue weighted by atomic mass is 35.5. The molecule has 4 aromatic rings. The predicted molar refractivity (Wildman–Crippen MR) is 130 cm³/mol. The highest BCUT2D eigenvalue weighted by Gasteiger charge is 2.09. The number of aromatic hydroxyl groups is 1. The molecule has 0 aliphatic heterocycles. The van der Waals surface area contributed by atoms with Gasteiger partial charge in [-0.1, -0.05) is 29.8 Å². The lowest BCUT2D eigenvalue weighted by Gasteiger charge is -2.10. The van der Waals surface area contributed by atoms with Gasteiger partial charge in [0.1, 0.15) is 5.75 Å². The molecule has 0 amide bonds. The largest absolute Gasteiger partial charge is 0.507 e. The second-order valence-corrected chi connectivity index (χ2v) is 7.24. The highest BCUT2D eigenvalue weighted by molar-refractivity contribution is 6.30. The van der Waals surface area contributed by atoms with Crippen LogP contribution in [0.25, 0.3) is 0 Å². The highest BCUT2D eigenvalue weighted by Crippen LogP contribution is 2.22. The van der Waals surface area contributed by atoms with Gasteiger partial charge in [-0.3, -0.25) is 10.1 Å². The number of phenolic OH excluding ortho intramolecular Hbond substituents is 1. The Labute approximate surface area is 198 Å². The van der Waals surface area contributed by atoms with Gasteiger partial charge >= 0.3 is 0 Å². The first-order valence-electron chi connectivity index (χ1n) is 9.83. The minimum atomic E-state index is -0.480. The summed E-state index contributed by atoms with van der Waals surface area (Å²) in [5, 5.41) is 31.4. The van der Waals surface area contributed by atoms with Gasteiger partial charge in [0.25, 0.3) is 5.69 Å². The molecule has 0 aliphatic carbocycles. The van der Waals surface area contributed by atoms with Crippen molar-refractivity contribution >= 4 is 52.7 Å². The van der Waals surface area contributed by atoms with E-state index in [-0.39, 0.29) is 29.3 Å². The van der Waals surface area contributed by atoms with Crippen molar-refractivity contribution in [2.45, 2.75) is 0 Å². The van der Waals surface area contributed by atoms with E-state index in [2.05, 4.69) is 36.1 Å². The van der Waals surface area contributed by atoms with Crippen molar-refractivity contribution < 1.29 is 10.0 Å². The lowest BCUT2D eigenvalue weighted by molar-refractivity contribution is -0.384. The number of halogens is 1. The summed E-state index contributed by atoms with van der Waals surface area (Å²) in [5.74, 6) is 0.521. The normalized spacial score (nSPS) is 10.7. The van der Waals surface area contributed by atoms with Gasteiger partial charge in [-0.05, 0) is 42.5 Å². The number of non-ortho nitro benzene ring substituents is 1. The van der Waals surface area contributed by atoms with Crippen LogP contribution in [0, 0.1) is 10.1 Å². The van der Waals surface area contributed by atoms with Crippen molar-refractivity contribution in [1.82, 2.24) is 15.0 Å². The maximum Gasteiger partial charge on any atom is 0.269 e. The summed E-state index contributed by atoms with van der Waals surface area (Å²) < 4.78 is 0. The smallest absolute Gasteiger partial charge is 0.269 e. The van der Waals surface area contributed by atoms with Gasteiger partial charge in [-0.25, -0.2) is 5.43 Å². The number of nitrogens with zero attached hydrogens (tertiary/aromatic N) is 5. The average Bonchev–Trinajstić information content (AvgIpc) is 2.82. The molecule has 12 heteroatoms. The molecule has 0 radical (unpaired) electrons. The maximum absolute atomic E-state index is 10.9. The Morgan fingerprint density at radius 1 is 0.882 bits per heavy atom. The van der Waals surface area contributed by atoms with Crippen LogP contribution in [0.1, 0.15) is 5.56 Å². The zero-order chi connectivity index (χ0) is 23.9. The van der Waals surface area contributed by atoms with E-state index in [4.69, 9.17) is 11.6 Å². The molecular weight excluding hydrogens is 460 g/mol. The lowest BCUT2D eigenvalue weighted by Crippen LogP contribution is -2.07. The number of rotatable bonds is 8. The first-order valence-corrected chi connectivity index (χ1v) is 10.2. The van der Waals surface area contributed by atoms with Crippen molar-refractivity contribution in [3.8, 4) is 5.75 Å². The van der Waals surface area contributed by atoms with E-state index < -0.39 is 4.92 Å². The summed E-state index contributed by atoms with van der Waals surface area (Å²) >= 11 is 5.96. The third-order valence-corrected chi connectivity index (χ3v) is 4.59. The van der Waals surface area contributed by atoms with Gasteiger partial charge in [-0.2, -0.15) is 20.1 Å². The molecule has 0 fully saturated rings. The van der Waals surface area contributed by atoms with E-state index in [0.717, 1.165) is 5.69 Å². The molecule has 0 unspecified atom stereocenters. The third-order valence-electron chi connectivity index (χ3n) is 4.36. The number of nitrogens with one attached hydrogen (secondary N) is 3. The van der Waals surface area contributed by atoms with Crippen LogP contribution in [0.3, 0.4) is 0 Å². The van der Waals surface area contributed by atoms with Crippen molar-refractivity contribution in [2.75, 3.05) is 16.1 Å². The van der Waals surface area contributed by atoms with Crippen LogP contribution in [0.15, 0.2) is 77.9 Å². The third kappa shape index (κ3) is 5.93. The topological polar surface area (TPSA) is 150 Å². The van der Waals surface area contributed by atoms with E-state index in [0.29, 0.717) is 16.3 Å². The minimum absolute atomic E-state index is 0.0116.